The Morgan fingerprint density at radius 3 is 2.67 bits per heavy atom. The molecule has 1 aromatic rings. The maximum atomic E-state index is 11.4. The van der Waals surface area contributed by atoms with Crippen LogP contribution in [0, 0.1) is 46.2 Å². The van der Waals surface area contributed by atoms with Crippen molar-refractivity contribution in [2.45, 2.75) is 6.92 Å². The predicted octanol–water partition coefficient (Wildman–Crippen LogP) is -0.594. The molecule has 0 aromatic carbocycles. The van der Waals surface area contributed by atoms with Crippen LogP contribution in [0.1, 0.15) is 12.6 Å². The minimum absolute atomic E-state index is 0.145. The summed E-state index contributed by atoms with van der Waals surface area (Å²) in [5.41, 5.74) is -0.177. The third kappa shape index (κ3) is 3.90. The standard InChI is InChI=1S/C10H5N5O2S/c1-2-3-4-5-6-7-18(16,17)14-10-9(8-11)12-15-13-10/h1H3,(H2,12,13,14,15). The summed E-state index contributed by atoms with van der Waals surface area (Å²) < 4.78 is 24.9. The van der Waals surface area contributed by atoms with E-state index in [4.69, 9.17) is 5.26 Å². The minimum atomic E-state index is -3.95. The zero-order chi connectivity index (χ0) is 13.4. The van der Waals surface area contributed by atoms with Gasteiger partial charge in [-0.15, -0.1) is 5.10 Å². The van der Waals surface area contributed by atoms with Crippen LogP contribution in [0.15, 0.2) is 0 Å². The van der Waals surface area contributed by atoms with E-state index in [0.29, 0.717) is 0 Å². The van der Waals surface area contributed by atoms with Gasteiger partial charge in [0.1, 0.15) is 6.07 Å². The van der Waals surface area contributed by atoms with E-state index in [-0.39, 0.29) is 11.5 Å². The normalized spacial score (nSPS) is 8.44. The van der Waals surface area contributed by atoms with Crippen LogP contribution in [-0.4, -0.2) is 23.8 Å². The van der Waals surface area contributed by atoms with Gasteiger partial charge < -0.3 is 0 Å². The molecule has 7 nitrogen and oxygen atoms in total. The number of nitrogens with zero attached hydrogens (tertiary/aromatic N) is 3. The highest BCUT2D eigenvalue weighted by Crippen LogP contribution is 2.07. The van der Waals surface area contributed by atoms with Gasteiger partial charge in [-0.1, -0.05) is 11.1 Å². The summed E-state index contributed by atoms with van der Waals surface area (Å²) in [5.74, 6) is 11.4. The van der Waals surface area contributed by atoms with Crippen molar-refractivity contribution in [2.24, 2.45) is 0 Å². The number of hydrogen-bond acceptors (Lipinski definition) is 5. The Hall–Kier alpha value is -2.94. The SMILES string of the molecule is CC#CC#CC#CS(=O)(=O)Nc1[nH]nnc1C#N. The van der Waals surface area contributed by atoms with E-state index in [9.17, 15) is 8.42 Å². The molecule has 0 bridgehead atoms. The molecule has 0 saturated carbocycles. The lowest BCUT2D eigenvalue weighted by atomic mass is 10.5. The number of rotatable bonds is 2. The number of H-pyrrole nitrogens is 1. The highest BCUT2D eigenvalue weighted by molar-refractivity contribution is 7.97. The maximum Gasteiger partial charge on any atom is 0.304 e. The second kappa shape index (κ2) is 5.96. The van der Waals surface area contributed by atoms with Crippen LogP contribution in [0.5, 0.6) is 0 Å². The number of sulfonamides is 1. The first-order valence-electron chi connectivity index (χ1n) is 4.36. The van der Waals surface area contributed by atoms with E-state index in [0.717, 1.165) is 0 Å². The Labute approximate surface area is 104 Å². The van der Waals surface area contributed by atoms with Gasteiger partial charge in [-0.3, -0.25) is 4.72 Å². The molecule has 1 heterocycles. The quantitative estimate of drug-likeness (QED) is 0.689. The second-order valence-corrected chi connectivity index (χ2v) is 4.02. The molecule has 0 atom stereocenters. The maximum absolute atomic E-state index is 11.4. The molecule has 0 saturated heterocycles. The third-order valence-corrected chi connectivity index (χ3v) is 2.23. The molecule has 88 valence electrons. The summed E-state index contributed by atoms with van der Waals surface area (Å²) in [7, 11) is -3.95. The Morgan fingerprint density at radius 2 is 2.00 bits per heavy atom. The fourth-order valence-electron chi connectivity index (χ4n) is 0.755. The first-order valence-corrected chi connectivity index (χ1v) is 5.85. The number of nitriles is 1. The van der Waals surface area contributed by atoms with Crippen LogP contribution in [-0.2, 0) is 10.0 Å². The van der Waals surface area contributed by atoms with Gasteiger partial charge in [0, 0.05) is 11.8 Å². The van der Waals surface area contributed by atoms with E-state index in [1.54, 1.807) is 13.0 Å². The lowest BCUT2D eigenvalue weighted by Gasteiger charge is -1.96. The van der Waals surface area contributed by atoms with E-state index in [1.165, 1.54) is 0 Å². The van der Waals surface area contributed by atoms with Crippen LogP contribution in [0.2, 0.25) is 0 Å². The number of aromatic nitrogens is 3. The summed E-state index contributed by atoms with van der Waals surface area (Å²) >= 11 is 0. The molecule has 2 N–H and O–H groups in total. The van der Waals surface area contributed by atoms with Crippen molar-refractivity contribution in [1.82, 2.24) is 15.4 Å². The average molecular weight is 259 g/mol. The summed E-state index contributed by atoms with van der Waals surface area (Å²) in [5, 5.41) is 19.3. The molecule has 1 aromatic heterocycles. The lowest BCUT2D eigenvalue weighted by molar-refractivity contribution is 0.610. The second-order valence-electron chi connectivity index (χ2n) is 2.60. The highest BCUT2D eigenvalue weighted by atomic mass is 32.2. The molecule has 0 spiro atoms. The molecule has 1 rings (SSSR count). The molecule has 18 heavy (non-hydrogen) atoms. The van der Waals surface area contributed by atoms with Gasteiger partial charge in [0.05, 0.1) is 5.25 Å². The topological polar surface area (TPSA) is 112 Å². The van der Waals surface area contributed by atoms with Gasteiger partial charge in [0.2, 0.25) is 5.69 Å². The summed E-state index contributed by atoms with van der Waals surface area (Å²) in [6.45, 7) is 1.59. The molecule has 0 aliphatic carbocycles. The molecular weight excluding hydrogens is 254 g/mol. The molecule has 0 amide bonds. The van der Waals surface area contributed by atoms with E-state index in [1.807, 2.05) is 9.97 Å². The lowest BCUT2D eigenvalue weighted by Crippen LogP contribution is -2.10. The molecule has 8 heteroatoms. The summed E-state index contributed by atoms with van der Waals surface area (Å²) in [6.07, 6.45) is 0. The summed E-state index contributed by atoms with van der Waals surface area (Å²) in [4.78, 5) is 0. The van der Waals surface area contributed by atoms with Crippen LogP contribution < -0.4 is 4.72 Å². The van der Waals surface area contributed by atoms with E-state index < -0.39 is 10.0 Å². The van der Waals surface area contributed by atoms with Gasteiger partial charge in [0.15, 0.2) is 5.82 Å². The van der Waals surface area contributed by atoms with Crippen molar-refractivity contribution in [3.63, 3.8) is 0 Å². The zero-order valence-electron chi connectivity index (χ0n) is 9.07. The van der Waals surface area contributed by atoms with Crippen molar-refractivity contribution in [3.05, 3.63) is 5.69 Å². The first-order chi connectivity index (χ1) is 8.59. The van der Waals surface area contributed by atoms with Gasteiger partial charge in [-0.25, -0.2) is 5.10 Å². The van der Waals surface area contributed by atoms with Crippen LogP contribution >= 0.6 is 0 Å². The number of hydrogen-bond donors (Lipinski definition) is 2. The zero-order valence-corrected chi connectivity index (χ0v) is 9.88. The van der Waals surface area contributed by atoms with Crippen LogP contribution in [0.4, 0.5) is 5.82 Å². The Bertz CT molecular complexity index is 766. The Morgan fingerprint density at radius 1 is 1.28 bits per heavy atom. The fraction of sp³-hybridized carbons (Fsp3) is 0.100. The average Bonchev–Trinajstić information content (AvgIpc) is 2.75. The number of nitrogens with one attached hydrogen (secondary N) is 2. The molecule has 0 unspecified atom stereocenters. The Balaban J connectivity index is 2.87. The van der Waals surface area contributed by atoms with Crippen LogP contribution in [0.25, 0.3) is 0 Å². The van der Waals surface area contributed by atoms with Crippen molar-refractivity contribution in [2.75, 3.05) is 4.72 Å². The minimum Gasteiger partial charge on any atom is -0.255 e. The van der Waals surface area contributed by atoms with Gasteiger partial charge in [-0.2, -0.15) is 13.7 Å². The number of aromatic amines is 1. The van der Waals surface area contributed by atoms with Crippen molar-refractivity contribution in [3.8, 4) is 40.9 Å². The van der Waals surface area contributed by atoms with E-state index >= 15 is 0 Å². The molecule has 0 fully saturated rings. The van der Waals surface area contributed by atoms with Crippen molar-refractivity contribution >= 4 is 15.8 Å². The highest BCUT2D eigenvalue weighted by Gasteiger charge is 2.12. The van der Waals surface area contributed by atoms with Gasteiger partial charge in [0.25, 0.3) is 0 Å². The Kier molecular flexibility index (Phi) is 4.35. The number of anilines is 1. The largest absolute Gasteiger partial charge is 0.304 e. The first kappa shape index (κ1) is 13.1. The molecule has 0 aliphatic heterocycles. The predicted molar refractivity (Wildman–Crippen MR) is 62.6 cm³/mol. The van der Waals surface area contributed by atoms with Crippen molar-refractivity contribution < 1.29 is 8.42 Å². The monoisotopic (exact) mass is 259 g/mol. The summed E-state index contributed by atoms with van der Waals surface area (Å²) in [6, 6.07) is 1.66. The van der Waals surface area contributed by atoms with Gasteiger partial charge >= 0.3 is 10.0 Å². The molecular formula is C10H5N5O2S. The van der Waals surface area contributed by atoms with E-state index in [2.05, 4.69) is 45.0 Å². The molecule has 0 radical (unpaired) electrons. The van der Waals surface area contributed by atoms with Gasteiger partial charge in [-0.05, 0) is 18.8 Å². The fourth-order valence-corrected chi connectivity index (χ4v) is 1.40. The third-order valence-electron chi connectivity index (χ3n) is 1.39. The smallest absolute Gasteiger partial charge is 0.255 e. The van der Waals surface area contributed by atoms with Crippen molar-refractivity contribution in [1.29, 1.82) is 5.26 Å². The van der Waals surface area contributed by atoms with Crippen LogP contribution in [0.3, 0.4) is 0 Å². The molecule has 0 aliphatic rings.